The van der Waals surface area contributed by atoms with E-state index in [4.69, 9.17) is 0 Å². The van der Waals surface area contributed by atoms with Gasteiger partial charge >= 0.3 is 12.5 Å². The molecule has 41 heavy (non-hydrogen) atoms. The molecule has 1 unspecified atom stereocenters. The predicted octanol–water partition coefficient (Wildman–Crippen LogP) is 4.02. The zero-order chi connectivity index (χ0) is 29.2. The predicted molar refractivity (Wildman–Crippen MR) is 137 cm³/mol. The van der Waals surface area contributed by atoms with Crippen molar-refractivity contribution in [3.8, 4) is 5.75 Å². The molecule has 0 bridgehead atoms. The molecular formula is C27H20F4N4O6. The molecule has 3 heterocycles. The van der Waals surface area contributed by atoms with Gasteiger partial charge in [0.1, 0.15) is 6.04 Å². The van der Waals surface area contributed by atoms with Gasteiger partial charge in [-0.1, -0.05) is 12.1 Å². The number of nitrogens with zero attached hydrogens (tertiary/aromatic N) is 3. The lowest BCUT2D eigenvalue weighted by molar-refractivity contribution is -0.275. The molecule has 1 atom stereocenters. The van der Waals surface area contributed by atoms with E-state index in [0.29, 0.717) is 39.8 Å². The number of ether oxygens (including phenoxy) is 1. The third kappa shape index (κ3) is 4.54. The van der Waals surface area contributed by atoms with Crippen LogP contribution in [0.3, 0.4) is 0 Å². The van der Waals surface area contributed by atoms with Crippen LogP contribution in [0, 0.1) is 5.82 Å². The number of piperidine rings is 1. The number of imide groups is 1. The van der Waals surface area contributed by atoms with Crippen molar-refractivity contribution in [2.45, 2.75) is 31.3 Å². The van der Waals surface area contributed by atoms with Crippen molar-refractivity contribution in [2.24, 2.45) is 0 Å². The topological polar surface area (TPSA) is 119 Å². The Balaban J connectivity index is 1.25. The van der Waals surface area contributed by atoms with Crippen molar-refractivity contribution in [1.29, 1.82) is 0 Å². The molecule has 2 fully saturated rings. The first-order valence-corrected chi connectivity index (χ1v) is 12.5. The molecule has 0 aliphatic carbocycles. The summed E-state index contributed by atoms with van der Waals surface area (Å²) in [4.78, 5) is 53.8. The fourth-order valence-electron chi connectivity index (χ4n) is 5.57. The summed E-state index contributed by atoms with van der Waals surface area (Å²) in [5.74, 6) is -3.80. The van der Waals surface area contributed by atoms with Gasteiger partial charge in [-0.15, -0.1) is 13.2 Å². The number of halogens is 4. The lowest BCUT2D eigenvalue weighted by Crippen LogP contribution is -2.61. The first kappa shape index (κ1) is 26.3. The van der Waals surface area contributed by atoms with Crippen LogP contribution in [0.1, 0.15) is 23.2 Å². The highest BCUT2D eigenvalue weighted by Crippen LogP contribution is 2.43. The molecule has 0 radical (unpaired) electrons. The van der Waals surface area contributed by atoms with E-state index in [-0.39, 0.29) is 31.6 Å². The minimum atomic E-state index is -5.16. The summed E-state index contributed by atoms with van der Waals surface area (Å²) in [5, 5.41) is 13.5. The molecule has 10 nitrogen and oxygen atoms in total. The fourth-order valence-corrected chi connectivity index (χ4v) is 5.57. The molecule has 0 spiro atoms. The van der Waals surface area contributed by atoms with E-state index in [1.807, 2.05) is 6.07 Å². The largest absolute Gasteiger partial charge is 0.573 e. The molecule has 6 rings (SSSR count). The number of hydrogen-bond acceptors (Lipinski definition) is 6. The monoisotopic (exact) mass is 572 g/mol. The molecular weight excluding hydrogens is 552 g/mol. The highest BCUT2D eigenvalue weighted by molar-refractivity contribution is 6.27. The zero-order valence-electron chi connectivity index (χ0n) is 20.9. The lowest BCUT2D eigenvalue weighted by Gasteiger charge is -2.45. The van der Waals surface area contributed by atoms with E-state index in [0.717, 1.165) is 11.0 Å². The second kappa shape index (κ2) is 9.35. The summed E-state index contributed by atoms with van der Waals surface area (Å²) >= 11 is 0. The zero-order valence-corrected chi connectivity index (χ0v) is 20.9. The van der Waals surface area contributed by atoms with Crippen LogP contribution in [-0.2, 0) is 9.59 Å². The van der Waals surface area contributed by atoms with Crippen LogP contribution >= 0.6 is 0 Å². The molecule has 0 aromatic heterocycles. The minimum Gasteiger partial charge on any atom is -0.465 e. The van der Waals surface area contributed by atoms with E-state index in [1.54, 1.807) is 29.2 Å². The van der Waals surface area contributed by atoms with E-state index in [9.17, 15) is 41.8 Å². The summed E-state index contributed by atoms with van der Waals surface area (Å²) in [6.07, 6.45) is -6.32. The maximum absolute atomic E-state index is 13.9. The summed E-state index contributed by atoms with van der Waals surface area (Å²) < 4.78 is 55.6. The number of hydrogen-bond donors (Lipinski definition) is 2. The third-order valence-electron chi connectivity index (χ3n) is 7.39. The highest BCUT2D eigenvalue weighted by Gasteiger charge is 2.42. The quantitative estimate of drug-likeness (QED) is 0.350. The number of nitrogens with one attached hydrogen (secondary N) is 1. The van der Waals surface area contributed by atoms with Gasteiger partial charge in [-0.05, 0) is 42.1 Å². The Morgan fingerprint density at radius 2 is 1.83 bits per heavy atom. The van der Waals surface area contributed by atoms with Crippen molar-refractivity contribution in [2.75, 3.05) is 27.8 Å². The summed E-state index contributed by atoms with van der Waals surface area (Å²) in [6.45, 7) is 0.268. The lowest BCUT2D eigenvalue weighted by atomic mass is 10.00. The summed E-state index contributed by atoms with van der Waals surface area (Å²) in [6, 6.07) is 9.62. The Bertz CT molecular complexity index is 1640. The maximum Gasteiger partial charge on any atom is 0.573 e. The van der Waals surface area contributed by atoms with Gasteiger partial charge in [0, 0.05) is 36.7 Å². The molecule has 3 aliphatic heterocycles. The van der Waals surface area contributed by atoms with Crippen molar-refractivity contribution in [3.63, 3.8) is 0 Å². The molecule has 14 heteroatoms. The number of amides is 4. The molecule has 212 valence electrons. The number of benzene rings is 3. The van der Waals surface area contributed by atoms with Gasteiger partial charge in [0.15, 0.2) is 11.6 Å². The van der Waals surface area contributed by atoms with Gasteiger partial charge in [-0.25, -0.2) is 9.18 Å². The highest BCUT2D eigenvalue weighted by atomic mass is 19.4. The van der Waals surface area contributed by atoms with E-state index < -0.39 is 53.8 Å². The average molecular weight is 572 g/mol. The van der Waals surface area contributed by atoms with Crippen LogP contribution in [0.15, 0.2) is 48.5 Å². The van der Waals surface area contributed by atoms with Crippen molar-refractivity contribution < 1.29 is 46.6 Å². The number of carbonyl (C=O) groups excluding carboxylic acids is 3. The number of anilines is 3. The van der Waals surface area contributed by atoms with Gasteiger partial charge in [-0.2, -0.15) is 0 Å². The Morgan fingerprint density at radius 3 is 2.51 bits per heavy atom. The van der Waals surface area contributed by atoms with Gasteiger partial charge in [-0.3, -0.25) is 29.5 Å². The molecule has 0 saturated carbocycles. The second-order valence-corrected chi connectivity index (χ2v) is 9.88. The molecule has 2 N–H and O–H groups in total. The van der Waals surface area contributed by atoms with E-state index >= 15 is 0 Å². The van der Waals surface area contributed by atoms with E-state index in [2.05, 4.69) is 10.1 Å². The van der Waals surface area contributed by atoms with Gasteiger partial charge in [0.05, 0.1) is 23.0 Å². The summed E-state index contributed by atoms with van der Waals surface area (Å²) in [5.41, 5.74) is 1.31. The Hall–Kier alpha value is -4.88. The molecule has 3 aromatic rings. The second-order valence-electron chi connectivity index (χ2n) is 9.88. The van der Waals surface area contributed by atoms with Crippen LogP contribution < -0.4 is 24.8 Å². The van der Waals surface area contributed by atoms with E-state index in [1.165, 1.54) is 4.90 Å². The molecule has 4 amide bonds. The molecule has 3 aromatic carbocycles. The number of carboxylic acid groups (broad SMARTS) is 1. The summed E-state index contributed by atoms with van der Waals surface area (Å²) in [7, 11) is 0. The smallest absolute Gasteiger partial charge is 0.465 e. The maximum atomic E-state index is 13.9. The molecule has 2 saturated heterocycles. The Labute approximate surface area is 228 Å². The number of alkyl halides is 3. The van der Waals surface area contributed by atoms with Crippen molar-refractivity contribution >= 4 is 51.6 Å². The average Bonchev–Trinajstić information content (AvgIpc) is 3.14. The standard InChI is InChI=1S/C27H20F4N4O6/c28-18-5-4-14(10-21(18)41-27(29,30)31)34(26(39)40)16-11-33(12-16)15-8-13-2-1-3-19-23(13)17(9-15)25(38)35(19)20-6-7-22(36)32-24(20)37/h1-5,8-10,16,20H,6-7,11-12H2,(H,39,40)(H,32,36,37). The normalized spacial score (nSPS) is 18.9. The van der Waals surface area contributed by atoms with Gasteiger partial charge < -0.3 is 14.7 Å². The Kier molecular flexibility index (Phi) is 6.01. The third-order valence-corrected chi connectivity index (χ3v) is 7.39. The minimum absolute atomic E-state index is 0.102. The molecule has 3 aliphatic rings. The van der Waals surface area contributed by atoms with Gasteiger partial charge in [0.2, 0.25) is 11.8 Å². The van der Waals surface area contributed by atoms with Gasteiger partial charge in [0.25, 0.3) is 5.91 Å². The fraction of sp³-hybridized carbons (Fsp3) is 0.259. The van der Waals surface area contributed by atoms with Crippen LogP contribution in [-0.4, -0.2) is 60.5 Å². The van der Waals surface area contributed by atoms with Crippen LogP contribution in [0.5, 0.6) is 5.75 Å². The SMILES string of the molecule is O=C1CCC(N2C(=O)c3cc(N4CC(N(C(=O)O)c5ccc(F)c(OC(F)(F)F)c5)C4)cc4cccc2c34)C(=O)N1. The van der Waals surface area contributed by atoms with Crippen LogP contribution in [0.25, 0.3) is 10.8 Å². The Morgan fingerprint density at radius 1 is 1.07 bits per heavy atom. The van der Waals surface area contributed by atoms with Crippen molar-refractivity contribution in [1.82, 2.24) is 5.32 Å². The number of rotatable bonds is 5. The van der Waals surface area contributed by atoms with Crippen LogP contribution in [0.4, 0.5) is 39.4 Å². The first-order valence-electron chi connectivity index (χ1n) is 12.5. The van der Waals surface area contributed by atoms with Crippen molar-refractivity contribution in [3.05, 3.63) is 59.9 Å². The first-order chi connectivity index (χ1) is 19.4. The van der Waals surface area contributed by atoms with Crippen LogP contribution in [0.2, 0.25) is 0 Å². The number of carbonyl (C=O) groups is 4.